The first-order valence-electron chi connectivity index (χ1n) is 7.97. The van der Waals surface area contributed by atoms with Gasteiger partial charge < -0.3 is 21.8 Å². The molecule has 0 aliphatic carbocycles. The quantitative estimate of drug-likeness (QED) is 0.370. The lowest BCUT2D eigenvalue weighted by Gasteiger charge is -2.32. The number of hydrogen-bond acceptors (Lipinski definition) is 7. The Morgan fingerprint density at radius 2 is 2.12 bits per heavy atom. The fourth-order valence-electron chi connectivity index (χ4n) is 3.40. The Balaban J connectivity index is 1.93. The van der Waals surface area contributed by atoms with Gasteiger partial charge in [0, 0.05) is 17.4 Å². The lowest BCUT2D eigenvalue weighted by Crippen LogP contribution is -2.32. The van der Waals surface area contributed by atoms with Crippen LogP contribution in [0, 0.1) is 0 Å². The molecule has 5 rings (SSSR count). The number of aromatic nitrogens is 3. The first-order chi connectivity index (χ1) is 12.0. The van der Waals surface area contributed by atoms with Crippen LogP contribution in [0.15, 0.2) is 34.2 Å². The smallest absolute Gasteiger partial charge is 0.152 e. The molecule has 0 amide bonds. The minimum absolute atomic E-state index is 0.236. The Kier molecular flexibility index (Phi) is 3.16. The predicted octanol–water partition coefficient (Wildman–Crippen LogP) is 4.26. The van der Waals surface area contributed by atoms with Crippen LogP contribution in [0.3, 0.4) is 0 Å². The van der Waals surface area contributed by atoms with Crippen molar-refractivity contribution in [1.82, 2.24) is 15.0 Å². The maximum atomic E-state index is 6.06. The number of rotatable bonds is 1. The van der Waals surface area contributed by atoms with Crippen LogP contribution in [-0.2, 0) is 30.4 Å². The molecule has 0 N–H and O–H groups in total. The van der Waals surface area contributed by atoms with E-state index in [-0.39, 0.29) is 5.60 Å². The number of thiophene rings is 1. The van der Waals surface area contributed by atoms with Gasteiger partial charge in [0.1, 0.15) is 16.9 Å². The van der Waals surface area contributed by atoms with Gasteiger partial charge in [0.15, 0.2) is 5.76 Å². The van der Waals surface area contributed by atoms with Crippen molar-refractivity contribution < 1.29 is 9.15 Å². The summed E-state index contributed by atoms with van der Waals surface area (Å²) in [5.41, 5.74) is 3.80. The standard InChI is InChI=1S/C18H15N3O2S2/c1-18(2)6-9-10(7-23-18)13(11-4-3-5-22-11)21-17-12(9)14-15(25-17)16(24)20-8-19-14/h3-5,8H,6-7H2,1-2H3,(H,19,20,24)/p-1. The van der Waals surface area contributed by atoms with Crippen molar-refractivity contribution in [3.8, 4) is 11.5 Å². The number of nitrogens with zero attached hydrogens (tertiary/aromatic N) is 3. The zero-order chi connectivity index (χ0) is 17.2. The van der Waals surface area contributed by atoms with Gasteiger partial charge in [-0.05, 0) is 31.5 Å². The number of fused-ring (bicyclic) bond motifs is 5. The van der Waals surface area contributed by atoms with Crippen molar-refractivity contribution in [2.24, 2.45) is 0 Å². The van der Waals surface area contributed by atoms with Gasteiger partial charge in [-0.25, -0.2) is 9.97 Å². The van der Waals surface area contributed by atoms with Crippen LogP contribution in [0.5, 0.6) is 0 Å². The van der Waals surface area contributed by atoms with E-state index >= 15 is 0 Å². The molecule has 5 nitrogen and oxygen atoms in total. The molecule has 0 spiro atoms. The van der Waals surface area contributed by atoms with E-state index in [1.54, 1.807) is 17.6 Å². The molecule has 0 atom stereocenters. The zero-order valence-corrected chi connectivity index (χ0v) is 15.3. The summed E-state index contributed by atoms with van der Waals surface area (Å²) < 4.78 is 12.6. The Morgan fingerprint density at radius 1 is 1.24 bits per heavy atom. The summed E-state index contributed by atoms with van der Waals surface area (Å²) in [7, 11) is 0. The third-order valence-electron chi connectivity index (χ3n) is 4.55. The molecule has 0 fully saturated rings. The topological polar surface area (TPSA) is 61.0 Å². The SMILES string of the molecule is CC1(C)Cc2c(c(-c3ccco3)nc3sc4c([S-])ncnc4c23)CO1. The van der Waals surface area contributed by atoms with Crippen LogP contribution in [0.1, 0.15) is 25.0 Å². The van der Waals surface area contributed by atoms with Crippen LogP contribution < -0.4 is 0 Å². The molecule has 0 aromatic carbocycles. The van der Waals surface area contributed by atoms with Crippen molar-refractivity contribution in [2.75, 3.05) is 0 Å². The Bertz CT molecular complexity index is 1120. The molecule has 1 aliphatic rings. The Hall–Kier alpha value is -2.09. The summed E-state index contributed by atoms with van der Waals surface area (Å²) in [6, 6.07) is 3.80. The molecule has 0 bridgehead atoms. The molecule has 126 valence electrons. The molecule has 25 heavy (non-hydrogen) atoms. The minimum Gasteiger partial charge on any atom is -0.759 e. The van der Waals surface area contributed by atoms with Crippen LogP contribution >= 0.6 is 11.3 Å². The normalized spacial score (nSPS) is 16.4. The van der Waals surface area contributed by atoms with E-state index in [0.717, 1.165) is 43.9 Å². The lowest BCUT2D eigenvalue weighted by molar-refractivity contribution is -0.0395. The third kappa shape index (κ3) is 2.27. The van der Waals surface area contributed by atoms with E-state index in [4.69, 9.17) is 26.8 Å². The molecule has 0 unspecified atom stereocenters. The lowest BCUT2D eigenvalue weighted by atomic mass is 9.89. The molecule has 5 heterocycles. The molecular formula is C18H14N3O2S2-. The van der Waals surface area contributed by atoms with Gasteiger partial charge in [-0.15, -0.1) is 11.3 Å². The van der Waals surface area contributed by atoms with E-state index in [9.17, 15) is 0 Å². The first kappa shape index (κ1) is 15.2. The largest absolute Gasteiger partial charge is 0.759 e. The summed E-state index contributed by atoms with van der Waals surface area (Å²) in [4.78, 5) is 14.5. The minimum atomic E-state index is -0.236. The van der Waals surface area contributed by atoms with Gasteiger partial charge in [-0.2, -0.15) is 0 Å². The number of hydrogen-bond donors (Lipinski definition) is 0. The highest BCUT2D eigenvalue weighted by Gasteiger charge is 2.32. The maximum absolute atomic E-state index is 6.06. The highest BCUT2D eigenvalue weighted by molar-refractivity contribution is 7.59. The summed E-state index contributed by atoms with van der Waals surface area (Å²) in [6.07, 6.45) is 3.99. The molecule has 4 aromatic heterocycles. The number of ether oxygens (including phenoxy) is 1. The Labute approximate surface area is 153 Å². The van der Waals surface area contributed by atoms with E-state index in [1.165, 1.54) is 11.9 Å². The van der Waals surface area contributed by atoms with Gasteiger partial charge >= 0.3 is 0 Å². The van der Waals surface area contributed by atoms with E-state index in [1.807, 2.05) is 12.1 Å². The second-order valence-corrected chi connectivity index (χ2v) is 8.14. The molecule has 1 aliphatic heterocycles. The average Bonchev–Trinajstić information content (AvgIpc) is 3.21. The molecule has 0 radical (unpaired) electrons. The van der Waals surface area contributed by atoms with Gasteiger partial charge in [-0.1, -0.05) is 5.03 Å². The highest BCUT2D eigenvalue weighted by Crippen LogP contribution is 2.43. The zero-order valence-electron chi connectivity index (χ0n) is 13.7. The van der Waals surface area contributed by atoms with E-state index in [0.29, 0.717) is 11.6 Å². The van der Waals surface area contributed by atoms with Crippen molar-refractivity contribution in [3.63, 3.8) is 0 Å². The van der Waals surface area contributed by atoms with Crippen LogP contribution in [0.25, 0.3) is 31.9 Å². The second-order valence-electron chi connectivity index (χ2n) is 6.76. The summed E-state index contributed by atoms with van der Waals surface area (Å²) in [5, 5.41) is 1.66. The van der Waals surface area contributed by atoms with Gasteiger partial charge in [-0.3, -0.25) is 4.98 Å². The summed E-state index contributed by atoms with van der Waals surface area (Å²) >= 11 is 6.95. The van der Waals surface area contributed by atoms with Gasteiger partial charge in [0.05, 0.1) is 28.7 Å². The highest BCUT2D eigenvalue weighted by atomic mass is 32.1. The van der Waals surface area contributed by atoms with E-state index in [2.05, 4.69) is 23.8 Å². The van der Waals surface area contributed by atoms with Crippen molar-refractivity contribution >= 4 is 44.4 Å². The van der Waals surface area contributed by atoms with Gasteiger partial charge in [0.2, 0.25) is 0 Å². The van der Waals surface area contributed by atoms with Crippen LogP contribution in [-0.4, -0.2) is 20.6 Å². The van der Waals surface area contributed by atoms with E-state index < -0.39 is 0 Å². The fraction of sp³-hybridized carbons (Fsp3) is 0.278. The third-order valence-corrected chi connectivity index (χ3v) is 6.07. The monoisotopic (exact) mass is 368 g/mol. The molecule has 4 aromatic rings. The predicted molar refractivity (Wildman–Crippen MR) is 98.6 cm³/mol. The van der Waals surface area contributed by atoms with Crippen LogP contribution in [0.4, 0.5) is 0 Å². The molecule has 0 saturated carbocycles. The van der Waals surface area contributed by atoms with Crippen molar-refractivity contribution in [2.45, 2.75) is 37.5 Å². The second kappa shape index (κ2) is 5.20. The maximum Gasteiger partial charge on any atom is 0.152 e. The summed E-state index contributed by atoms with van der Waals surface area (Å²) in [5.74, 6) is 0.753. The summed E-state index contributed by atoms with van der Waals surface area (Å²) in [6.45, 7) is 4.72. The Morgan fingerprint density at radius 3 is 2.92 bits per heavy atom. The molecule has 7 heteroatoms. The van der Waals surface area contributed by atoms with Gasteiger partial charge in [0.25, 0.3) is 0 Å². The van der Waals surface area contributed by atoms with Crippen LogP contribution in [0.2, 0.25) is 0 Å². The molecular weight excluding hydrogens is 354 g/mol. The average molecular weight is 368 g/mol. The number of pyridine rings is 1. The first-order valence-corrected chi connectivity index (χ1v) is 9.20. The number of furan rings is 1. The molecule has 0 saturated heterocycles. The fourth-order valence-corrected chi connectivity index (χ4v) is 4.71. The van der Waals surface area contributed by atoms with Crippen molar-refractivity contribution in [3.05, 3.63) is 35.9 Å². The van der Waals surface area contributed by atoms with Crippen molar-refractivity contribution in [1.29, 1.82) is 0 Å².